The molecule has 1 N–H and O–H groups in total. The van der Waals surface area contributed by atoms with Crippen LogP contribution in [0.1, 0.15) is 114 Å². The second-order valence-electron chi connectivity index (χ2n) is 15.6. The Morgan fingerprint density at radius 2 is 1.54 bits per heavy atom. The molecule has 5 aliphatic rings. The van der Waals surface area contributed by atoms with Crippen LogP contribution in [0.3, 0.4) is 0 Å². The van der Waals surface area contributed by atoms with E-state index in [0.29, 0.717) is 16.7 Å². The number of rotatable bonds is 1. The first-order valence-electron chi connectivity index (χ1n) is 14.3. The van der Waals surface area contributed by atoms with Crippen molar-refractivity contribution in [2.75, 3.05) is 0 Å². The summed E-state index contributed by atoms with van der Waals surface area (Å²) in [6.45, 7) is 20.9. The Kier molecular flexibility index (Phi) is 5.47. The van der Waals surface area contributed by atoms with Gasteiger partial charge in [-0.1, -0.05) is 78.7 Å². The molecule has 0 amide bonds. The van der Waals surface area contributed by atoms with Crippen LogP contribution in [0.5, 0.6) is 0 Å². The van der Waals surface area contributed by atoms with E-state index in [1.807, 2.05) is 0 Å². The van der Waals surface area contributed by atoms with Crippen LogP contribution >= 0.6 is 0 Å². The summed E-state index contributed by atoms with van der Waals surface area (Å²) < 4.78 is 5.82. The zero-order valence-electron chi connectivity index (χ0n) is 23.9. The van der Waals surface area contributed by atoms with Crippen LogP contribution in [0.4, 0.5) is 0 Å². The number of hydrogen-bond acceptors (Lipinski definition) is 3. The molecule has 4 saturated carbocycles. The van der Waals surface area contributed by atoms with Gasteiger partial charge >= 0.3 is 5.97 Å². The van der Waals surface area contributed by atoms with Gasteiger partial charge in [0.15, 0.2) is 0 Å². The monoisotopic (exact) mass is 482 g/mol. The van der Waals surface area contributed by atoms with E-state index < -0.39 is 6.10 Å². The number of ether oxygens (including phenoxy) is 1. The molecule has 8 unspecified atom stereocenters. The van der Waals surface area contributed by atoms with E-state index in [2.05, 4.69) is 67.5 Å². The van der Waals surface area contributed by atoms with Crippen molar-refractivity contribution in [3.63, 3.8) is 0 Å². The van der Waals surface area contributed by atoms with Crippen molar-refractivity contribution < 1.29 is 14.6 Å². The minimum Gasteiger partial charge on any atom is -0.462 e. The SMILES string of the molecule is CC(=O)OC1CCC2(C)C3=CC=C4C5CC(C)(C)CCC5(C)CCC4(C)C3(C)CC(O)C2C1(C)C. The normalized spacial score (nSPS) is 49.9. The topological polar surface area (TPSA) is 46.5 Å². The summed E-state index contributed by atoms with van der Waals surface area (Å²) in [6, 6.07) is 0. The number of aliphatic hydroxyl groups excluding tert-OH is 1. The Labute approximate surface area is 214 Å². The van der Waals surface area contributed by atoms with Gasteiger partial charge in [-0.25, -0.2) is 0 Å². The van der Waals surface area contributed by atoms with Gasteiger partial charge in [0.05, 0.1) is 6.10 Å². The first-order chi connectivity index (χ1) is 16.0. The Balaban J connectivity index is 1.61. The van der Waals surface area contributed by atoms with Gasteiger partial charge in [0.25, 0.3) is 0 Å². The Bertz CT molecular complexity index is 987. The van der Waals surface area contributed by atoms with Crippen molar-refractivity contribution in [2.45, 2.75) is 126 Å². The van der Waals surface area contributed by atoms with E-state index in [1.54, 1.807) is 11.1 Å². The quantitative estimate of drug-likeness (QED) is 0.391. The predicted octanol–water partition coefficient (Wildman–Crippen LogP) is 7.63. The predicted molar refractivity (Wildman–Crippen MR) is 142 cm³/mol. The Morgan fingerprint density at radius 3 is 2.20 bits per heavy atom. The second kappa shape index (κ2) is 7.49. The second-order valence-corrected chi connectivity index (χ2v) is 15.6. The van der Waals surface area contributed by atoms with Crippen molar-refractivity contribution in [1.82, 2.24) is 0 Å². The third kappa shape index (κ3) is 3.35. The van der Waals surface area contributed by atoms with Crippen LogP contribution in [-0.2, 0) is 9.53 Å². The van der Waals surface area contributed by atoms with Crippen LogP contribution in [0.15, 0.2) is 23.3 Å². The number of carbonyl (C=O) groups excluding carboxylic acids is 1. The number of allylic oxidation sites excluding steroid dienone is 4. The zero-order chi connectivity index (χ0) is 25.8. The number of hydrogen-bond donors (Lipinski definition) is 1. The molecule has 35 heavy (non-hydrogen) atoms. The number of fused-ring (bicyclic) bond motifs is 7. The van der Waals surface area contributed by atoms with Crippen molar-refractivity contribution >= 4 is 5.97 Å². The molecular weight excluding hydrogens is 432 g/mol. The molecular formula is C32H50O3. The summed E-state index contributed by atoms with van der Waals surface area (Å²) >= 11 is 0. The molecule has 3 nitrogen and oxygen atoms in total. The van der Waals surface area contributed by atoms with E-state index in [9.17, 15) is 9.90 Å². The minimum absolute atomic E-state index is 0.0466. The minimum atomic E-state index is -0.400. The van der Waals surface area contributed by atoms with Gasteiger partial charge in [-0.05, 0) is 78.9 Å². The Hall–Kier alpha value is -1.09. The van der Waals surface area contributed by atoms with Crippen LogP contribution in [0, 0.1) is 44.3 Å². The largest absolute Gasteiger partial charge is 0.462 e. The molecule has 0 aliphatic heterocycles. The van der Waals surface area contributed by atoms with Gasteiger partial charge in [0.2, 0.25) is 0 Å². The third-order valence-electron chi connectivity index (χ3n) is 12.6. The van der Waals surface area contributed by atoms with Gasteiger partial charge in [0.1, 0.15) is 6.10 Å². The summed E-state index contributed by atoms with van der Waals surface area (Å²) in [4.78, 5) is 11.9. The van der Waals surface area contributed by atoms with Crippen molar-refractivity contribution in [1.29, 1.82) is 0 Å². The molecule has 5 rings (SSSR count). The molecule has 0 bridgehead atoms. The van der Waals surface area contributed by atoms with E-state index in [-0.39, 0.29) is 39.7 Å². The highest BCUT2D eigenvalue weighted by Crippen LogP contribution is 2.74. The number of esters is 1. The summed E-state index contributed by atoms with van der Waals surface area (Å²) in [6.07, 6.45) is 13.6. The molecule has 0 heterocycles. The fraction of sp³-hybridized carbons (Fsp3) is 0.844. The summed E-state index contributed by atoms with van der Waals surface area (Å²) in [5.41, 5.74) is 3.71. The molecule has 0 aromatic heterocycles. The summed E-state index contributed by atoms with van der Waals surface area (Å²) in [5, 5.41) is 11.9. The molecule has 3 heteroatoms. The third-order valence-corrected chi connectivity index (χ3v) is 12.6. The lowest BCUT2D eigenvalue weighted by Crippen LogP contribution is -2.65. The lowest BCUT2D eigenvalue weighted by molar-refractivity contribution is -0.192. The van der Waals surface area contributed by atoms with Gasteiger partial charge in [-0.2, -0.15) is 0 Å². The van der Waals surface area contributed by atoms with E-state index in [0.717, 1.165) is 19.3 Å². The fourth-order valence-electron chi connectivity index (χ4n) is 10.4. The van der Waals surface area contributed by atoms with E-state index in [1.165, 1.54) is 39.0 Å². The van der Waals surface area contributed by atoms with Crippen LogP contribution in [-0.4, -0.2) is 23.3 Å². The van der Waals surface area contributed by atoms with Crippen molar-refractivity contribution in [2.24, 2.45) is 44.3 Å². The highest BCUT2D eigenvalue weighted by molar-refractivity contribution is 5.66. The van der Waals surface area contributed by atoms with Gasteiger partial charge in [-0.15, -0.1) is 0 Å². The number of carbonyl (C=O) groups is 1. The molecule has 0 spiro atoms. The van der Waals surface area contributed by atoms with Gasteiger partial charge < -0.3 is 9.84 Å². The molecule has 5 aliphatic carbocycles. The smallest absolute Gasteiger partial charge is 0.302 e. The van der Waals surface area contributed by atoms with E-state index >= 15 is 0 Å². The maximum atomic E-state index is 11.9. The lowest BCUT2D eigenvalue weighted by Gasteiger charge is -2.69. The Morgan fingerprint density at radius 1 is 0.886 bits per heavy atom. The molecule has 0 aromatic carbocycles. The molecule has 0 saturated heterocycles. The molecule has 0 aromatic rings. The fourth-order valence-corrected chi connectivity index (χ4v) is 10.4. The molecule has 4 fully saturated rings. The van der Waals surface area contributed by atoms with Crippen molar-refractivity contribution in [3.8, 4) is 0 Å². The van der Waals surface area contributed by atoms with Crippen molar-refractivity contribution in [3.05, 3.63) is 23.3 Å². The maximum absolute atomic E-state index is 11.9. The number of aliphatic hydroxyl groups is 1. The first kappa shape index (κ1) is 25.6. The average Bonchev–Trinajstić information content (AvgIpc) is 2.71. The van der Waals surface area contributed by atoms with E-state index in [4.69, 9.17) is 4.74 Å². The first-order valence-corrected chi connectivity index (χ1v) is 14.3. The van der Waals surface area contributed by atoms with Crippen LogP contribution in [0.2, 0.25) is 0 Å². The molecule has 8 atom stereocenters. The average molecular weight is 483 g/mol. The molecule has 0 radical (unpaired) electrons. The standard InChI is InChI=1S/C32H50O3/c1-20(33)35-25-12-13-30(7)24-11-10-21-22-18-27(2,3)14-15-29(22,6)16-17-31(21,8)32(24,9)19-23(34)26(30)28(25,4)5/h10-11,22-23,25-26,34H,12-19H2,1-9H3. The van der Waals surface area contributed by atoms with Gasteiger partial charge in [0, 0.05) is 23.7 Å². The van der Waals surface area contributed by atoms with Gasteiger partial charge in [-0.3, -0.25) is 4.79 Å². The van der Waals surface area contributed by atoms with Crippen LogP contribution in [0.25, 0.3) is 0 Å². The highest BCUT2D eigenvalue weighted by Gasteiger charge is 2.68. The zero-order valence-corrected chi connectivity index (χ0v) is 23.9. The highest BCUT2D eigenvalue weighted by atomic mass is 16.5. The summed E-state index contributed by atoms with van der Waals surface area (Å²) in [7, 11) is 0. The summed E-state index contributed by atoms with van der Waals surface area (Å²) in [5.74, 6) is 0.506. The maximum Gasteiger partial charge on any atom is 0.302 e. The van der Waals surface area contributed by atoms with Crippen LogP contribution < -0.4 is 0 Å². The lowest BCUT2D eigenvalue weighted by atomic mass is 9.35. The molecule has 196 valence electrons.